The SMILES string of the molecule is C=COC(C)=O.O=C(O)C=CC=Cc1ccccc1. The van der Waals surface area contributed by atoms with E-state index in [1.165, 1.54) is 13.0 Å². The van der Waals surface area contributed by atoms with Crippen LogP contribution in [-0.4, -0.2) is 17.0 Å². The van der Waals surface area contributed by atoms with E-state index in [4.69, 9.17) is 5.11 Å². The lowest BCUT2D eigenvalue weighted by atomic mass is 10.2. The summed E-state index contributed by atoms with van der Waals surface area (Å²) in [6, 6.07) is 9.70. The number of esters is 1. The predicted octanol–water partition coefficient (Wildman–Crippen LogP) is 3.03. The van der Waals surface area contributed by atoms with Gasteiger partial charge in [-0.2, -0.15) is 0 Å². The second-order valence-electron chi connectivity index (χ2n) is 3.24. The van der Waals surface area contributed by atoms with Gasteiger partial charge in [-0.25, -0.2) is 4.79 Å². The Bertz CT molecular complexity index is 458. The zero-order valence-electron chi connectivity index (χ0n) is 10.7. The normalized spacial score (nSPS) is 9.74. The molecular weight excluding hydrogens is 244 g/mol. The van der Waals surface area contributed by atoms with Crippen LogP contribution in [-0.2, 0) is 14.3 Å². The fraction of sp³-hybridized carbons (Fsp3) is 0.0667. The van der Waals surface area contributed by atoms with Crippen LogP contribution in [0, 0.1) is 0 Å². The van der Waals surface area contributed by atoms with Crippen molar-refractivity contribution in [3.63, 3.8) is 0 Å². The van der Waals surface area contributed by atoms with Crippen molar-refractivity contribution in [2.24, 2.45) is 0 Å². The van der Waals surface area contributed by atoms with Gasteiger partial charge in [0.25, 0.3) is 0 Å². The Morgan fingerprint density at radius 2 is 1.84 bits per heavy atom. The summed E-state index contributed by atoms with van der Waals surface area (Å²) in [4.78, 5) is 19.8. The number of hydrogen-bond donors (Lipinski definition) is 1. The number of carbonyl (C=O) groups is 2. The molecule has 0 radical (unpaired) electrons. The van der Waals surface area contributed by atoms with Crippen molar-refractivity contribution in [1.29, 1.82) is 0 Å². The minimum Gasteiger partial charge on any atom is -0.478 e. The van der Waals surface area contributed by atoms with Crippen molar-refractivity contribution in [3.8, 4) is 0 Å². The number of rotatable bonds is 4. The molecule has 0 spiro atoms. The van der Waals surface area contributed by atoms with Gasteiger partial charge in [-0.05, 0) is 5.56 Å². The highest BCUT2D eigenvalue weighted by atomic mass is 16.5. The quantitative estimate of drug-likeness (QED) is 0.391. The van der Waals surface area contributed by atoms with Gasteiger partial charge in [0.15, 0.2) is 0 Å². The number of ether oxygens (including phenoxy) is 1. The molecule has 1 rings (SSSR count). The number of carboxylic acid groups (broad SMARTS) is 1. The highest BCUT2D eigenvalue weighted by molar-refractivity contribution is 5.80. The van der Waals surface area contributed by atoms with Crippen LogP contribution < -0.4 is 0 Å². The van der Waals surface area contributed by atoms with Gasteiger partial charge in [0, 0.05) is 13.0 Å². The minimum atomic E-state index is -0.933. The molecule has 0 atom stereocenters. The van der Waals surface area contributed by atoms with Crippen LogP contribution in [0.3, 0.4) is 0 Å². The zero-order valence-corrected chi connectivity index (χ0v) is 10.7. The van der Waals surface area contributed by atoms with Crippen LogP contribution in [0.2, 0.25) is 0 Å². The molecule has 0 unspecified atom stereocenters. The smallest absolute Gasteiger partial charge is 0.328 e. The number of aliphatic carboxylic acids is 1. The monoisotopic (exact) mass is 260 g/mol. The van der Waals surface area contributed by atoms with Crippen molar-refractivity contribution in [2.45, 2.75) is 6.92 Å². The molecule has 100 valence electrons. The molecule has 1 N–H and O–H groups in total. The molecule has 1 aromatic rings. The molecule has 0 fully saturated rings. The fourth-order valence-corrected chi connectivity index (χ4v) is 0.986. The molecule has 4 heteroatoms. The highest BCUT2D eigenvalue weighted by Gasteiger charge is 1.82. The van der Waals surface area contributed by atoms with Gasteiger partial charge in [0.05, 0.1) is 6.26 Å². The third kappa shape index (κ3) is 11.6. The molecule has 0 saturated heterocycles. The summed E-state index contributed by atoms with van der Waals surface area (Å²) in [5, 5.41) is 8.29. The lowest BCUT2D eigenvalue weighted by Crippen LogP contribution is -1.87. The number of benzene rings is 1. The van der Waals surface area contributed by atoms with Crippen molar-refractivity contribution >= 4 is 18.0 Å². The number of hydrogen-bond acceptors (Lipinski definition) is 3. The van der Waals surface area contributed by atoms with Gasteiger partial charge in [0.1, 0.15) is 0 Å². The standard InChI is InChI=1S/C11H10O2.C4H6O2/c12-11(13)9-5-4-8-10-6-2-1-3-7-10;1-3-6-4(2)5/h1-9H,(H,12,13);3H,1H2,2H3. The fourth-order valence-electron chi connectivity index (χ4n) is 0.986. The molecule has 0 aliphatic carbocycles. The summed E-state index contributed by atoms with van der Waals surface area (Å²) < 4.78 is 4.17. The topological polar surface area (TPSA) is 63.6 Å². The molecule has 1 aromatic carbocycles. The summed E-state index contributed by atoms with van der Waals surface area (Å²) in [6.07, 6.45) is 7.24. The summed E-state index contributed by atoms with van der Waals surface area (Å²) >= 11 is 0. The maximum Gasteiger partial charge on any atom is 0.328 e. The van der Waals surface area contributed by atoms with E-state index >= 15 is 0 Å². The largest absolute Gasteiger partial charge is 0.478 e. The van der Waals surface area contributed by atoms with Crippen LogP contribution in [0.4, 0.5) is 0 Å². The second-order valence-corrected chi connectivity index (χ2v) is 3.24. The van der Waals surface area contributed by atoms with Crippen LogP contribution >= 0.6 is 0 Å². The van der Waals surface area contributed by atoms with Crippen molar-refractivity contribution in [1.82, 2.24) is 0 Å². The third-order valence-corrected chi connectivity index (χ3v) is 1.69. The lowest BCUT2D eigenvalue weighted by molar-refractivity contribution is -0.135. The zero-order chi connectivity index (χ0) is 14.5. The van der Waals surface area contributed by atoms with E-state index in [-0.39, 0.29) is 5.97 Å². The van der Waals surface area contributed by atoms with Crippen LogP contribution in [0.15, 0.2) is 61.4 Å². The average molecular weight is 260 g/mol. The van der Waals surface area contributed by atoms with Crippen molar-refractivity contribution < 1.29 is 19.4 Å². The first-order valence-corrected chi connectivity index (χ1v) is 5.47. The van der Waals surface area contributed by atoms with Crippen molar-refractivity contribution in [3.05, 3.63) is 67.0 Å². The molecule has 0 amide bonds. The molecule has 4 nitrogen and oxygen atoms in total. The first kappa shape index (κ1) is 16.4. The van der Waals surface area contributed by atoms with E-state index in [1.54, 1.807) is 6.08 Å². The average Bonchev–Trinajstić information content (AvgIpc) is 2.36. The van der Waals surface area contributed by atoms with Gasteiger partial charge in [-0.3, -0.25) is 4.79 Å². The summed E-state index contributed by atoms with van der Waals surface area (Å²) in [6.45, 7) is 4.48. The summed E-state index contributed by atoms with van der Waals surface area (Å²) in [5.74, 6) is -1.26. The maximum atomic E-state index is 10.1. The summed E-state index contributed by atoms with van der Waals surface area (Å²) in [7, 11) is 0. The molecular formula is C15H16O4. The maximum absolute atomic E-state index is 10.1. The first-order chi connectivity index (χ1) is 9.06. The van der Waals surface area contributed by atoms with Crippen LogP contribution in [0.25, 0.3) is 6.08 Å². The molecule has 0 saturated carbocycles. The Hall–Kier alpha value is -2.62. The Morgan fingerprint density at radius 3 is 2.26 bits per heavy atom. The summed E-state index contributed by atoms with van der Waals surface area (Å²) in [5.41, 5.74) is 1.05. The van der Waals surface area contributed by atoms with Gasteiger partial charge < -0.3 is 9.84 Å². The molecule has 0 bridgehead atoms. The molecule has 0 aliphatic heterocycles. The third-order valence-electron chi connectivity index (χ3n) is 1.69. The van der Waals surface area contributed by atoms with Gasteiger partial charge in [-0.1, -0.05) is 55.1 Å². The van der Waals surface area contributed by atoms with E-state index in [0.29, 0.717) is 0 Å². The molecule has 0 heterocycles. The van der Waals surface area contributed by atoms with Crippen LogP contribution in [0.1, 0.15) is 12.5 Å². The minimum absolute atomic E-state index is 0.329. The molecule has 19 heavy (non-hydrogen) atoms. The van der Waals surface area contributed by atoms with Crippen molar-refractivity contribution in [2.75, 3.05) is 0 Å². The Kier molecular flexibility index (Phi) is 9.08. The number of carboxylic acids is 1. The first-order valence-electron chi connectivity index (χ1n) is 5.47. The predicted molar refractivity (Wildman–Crippen MR) is 74.2 cm³/mol. The number of allylic oxidation sites excluding steroid dienone is 2. The van der Waals surface area contributed by atoms with E-state index in [1.807, 2.05) is 36.4 Å². The second kappa shape index (κ2) is 10.5. The van der Waals surface area contributed by atoms with Gasteiger partial charge >= 0.3 is 11.9 Å². The molecule has 0 aromatic heterocycles. The Balaban J connectivity index is 0.000000459. The Labute approximate surface area is 112 Å². The molecule has 0 aliphatic rings. The lowest BCUT2D eigenvalue weighted by Gasteiger charge is -1.87. The Morgan fingerprint density at radius 1 is 1.21 bits per heavy atom. The van der Waals surface area contributed by atoms with Gasteiger partial charge in [0.2, 0.25) is 0 Å². The van der Waals surface area contributed by atoms with E-state index < -0.39 is 5.97 Å². The highest BCUT2D eigenvalue weighted by Crippen LogP contribution is 2.00. The van der Waals surface area contributed by atoms with E-state index in [9.17, 15) is 9.59 Å². The van der Waals surface area contributed by atoms with E-state index in [0.717, 1.165) is 17.9 Å². The number of carbonyl (C=O) groups excluding carboxylic acids is 1. The van der Waals surface area contributed by atoms with Gasteiger partial charge in [-0.15, -0.1) is 0 Å². The van der Waals surface area contributed by atoms with E-state index in [2.05, 4.69) is 11.3 Å². The van der Waals surface area contributed by atoms with Crippen LogP contribution in [0.5, 0.6) is 0 Å².